The monoisotopic (exact) mass is 308 g/mol. The first-order chi connectivity index (χ1) is 9.72. The summed E-state index contributed by atoms with van der Waals surface area (Å²) >= 11 is 0. The molecule has 0 aliphatic heterocycles. The molecule has 0 aliphatic carbocycles. The van der Waals surface area contributed by atoms with Crippen molar-refractivity contribution in [3.63, 3.8) is 0 Å². The van der Waals surface area contributed by atoms with E-state index in [2.05, 4.69) is 0 Å². The van der Waals surface area contributed by atoms with Crippen LogP contribution < -0.4 is 4.74 Å². The second-order valence-corrected chi connectivity index (χ2v) is 3.94. The van der Waals surface area contributed by atoms with Crippen LogP contribution in [0.2, 0.25) is 0 Å². The number of carboxylic acids is 1. The van der Waals surface area contributed by atoms with Gasteiger partial charge in [-0.05, 0) is 30.2 Å². The predicted octanol–water partition coefficient (Wildman–Crippen LogP) is 2.85. The number of halogens is 5. The summed E-state index contributed by atoms with van der Waals surface area (Å²) < 4.78 is 67.7. The summed E-state index contributed by atoms with van der Waals surface area (Å²) in [7, 11) is 0. The van der Waals surface area contributed by atoms with Crippen LogP contribution in [0.1, 0.15) is 5.56 Å². The Labute approximate surface area is 116 Å². The Kier molecular flexibility index (Phi) is 5.13. The van der Waals surface area contributed by atoms with Gasteiger partial charge in [0.1, 0.15) is 19.1 Å². The molecule has 114 valence electrons. The largest absolute Gasteiger partial charge is 0.472 e. The van der Waals surface area contributed by atoms with E-state index in [1.54, 1.807) is 5.92 Å². The maximum atomic E-state index is 12.9. The van der Waals surface area contributed by atoms with Crippen LogP contribution >= 0.6 is 0 Å². The Hall–Kier alpha value is -2.30. The molecule has 8 heteroatoms. The molecule has 0 radical (unpaired) electrons. The molecule has 1 aromatic carbocycles. The lowest BCUT2D eigenvalue weighted by Crippen LogP contribution is -2.39. The van der Waals surface area contributed by atoms with Crippen LogP contribution in [0.5, 0.6) is 5.75 Å². The molecule has 0 saturated heterocycles. The van der Waals surface area contributed by atoms with E-state index in [-0.39, 0.29) is 5.75 Å². The van der Waals surface area contributed by atoms with E-state index >= 15 is 0 Å². The van der Waals surface area contributed by atoms with Crippen LogP contribution in [0.15, 0.2) is 24.3 Å². The summed E-state index contributed by atoms with van der Waals surface area (Å²) in [5, 5.41) is 8.36. The molecular weight excluding hydrogens is 299 g/mol. The number of alkyl halides is 5. The third-order valence-electron chi connectivity index (χ3n) is 2.32. The third kappa shape index (κ3) is 4.63. The van der Waals surface area contributed by atoms with Crippen LogP contribution in [-0.4, -0.2) is 30.0 Å². The fourth-order valence-electron chi connectivity index (χ4n) is 1.29. The first-order valence-corrected chi connectivity index (χ1v) is 5.47. The van der Waals surface area contributed by atoms with E-state index < -0.39 is 36.7 Å². The lowest BCUT2D eigenvalue weighted by atomic mass is 10.1. The predicted molar refractivity (Wildman–Crippen MR) is 62.2 cm³/mol. The minimum Gasteiger partial charge on any atom is -0.472 e. The molecule has 1 rings (SSSR count). The Morgan fingerprint density at radius 1 is 1.14 bits per heavy atom. The Bertz CT molecular complexity index is 550. The highest BCUT2D eigenvalue weighted by Gasteiger charge is 2.33. The van der Waals surface area contributed by atoms with Crippen molar-refractivity contribution in [2.24, 2.45) is 0 Å². The summed E-state index contributed by atoms with van der Waals surface area (Å²) in [6.07, 6.45) is -4.56. The second-order valence-electron chi connectivity index (χ2n) is 3.94. The number of hydrogen-bond acceptors (Lipinski definition) is 2. The summed E-state index contributed by atoms with van der Waals surface area (Å²) in [5.41, 5.74) is -3.32. The highest BCUT2D eigenvalue weighted by molar-refractivity contribution is 5.86. The number of ether oxygens (including phenoxy) is 1. The lowest BCUT2D eigenvalue weighted by molar-refractivity contribution is -0.137. The molecule has 1 aromatic rings. The zero-order valence-corrected chi connectivity index (χ0v) is 10.4. The maximum absolute atomic E-state index is 12.9. The van der Waals surface area contributed by atoms with Crippen molar-refractivity contribution < 1.29 is 36.6 Å². The lowest BCUT2D eigenvalue weighted by Gasteiger charge is -2.23. The minimum absolute atomic E-state index is 0.266. The molecule has 0 aliphatic rings. The highest BCUT2D eigenvalue weighted by Crippen LogP contribution is 2.31. The number of hydrogen-bond donors (Lipinski definition) is 1. The molecule has 0 atom stereocenters. The van der Waals surface area contributed by atoms with Crippen molar-refractivity contribution in [2.75, 3.05) is 13.3 Å². The molecule has 1 N–H and O–H groups in total. The van der Waals surface area contributed by atoms with Gasteiger partial charge in [-0.25, -0.2) is 13.6 Å². The number of aliphatic carboxylic acids is 1. The van der Waals surface area contributed by atoms with Crippen molar-refractivity contribution in [3.05, 3.63) is 29.8 Å². The topological polar surface area (TPSA) is 46.5 Å². The molecule has 21 heavy (non-hydrogen) atoms. The molecule has 0 bridgehead atoms. The zero-order valence-electron chi connectivity index (χ0n) is 10.4. The average molecular weight is 308 g/mol. The van der Waals surface area contributed by atoms with Gasteiger partial charge in [-0.3, -0.25) is 0 Å². The van der Waals surface area contributed by atoms with Crippen molar-refractivity contribution in [2.45, 2.75) is 11.8 Å². The van der Waals surface area contributed by atoms with E-state index in [9.17, 15) is 26.7 Å². The van der Waals surface area contributed by atoms with E-state index in [1.807, 2.05) is 0 Å². The van der Waals surface area contributed by atoms with E-state index in [0.29, 0.717) is 12.1 Å². The smallest absolute Gasteiger partial charge is 0.416 e. The van der Waals surface area contributed by atoms with Crippen LogP contribution in [0.25, 0.3) is 0 Å². The van der Waals surface area contributed by atoms with Crippen LogP contribution in [0, 0.1) is 11.8 Å². The molecule has 0 spiro atoms. The number of benzene rings is 1. The number of rotatable bonds is 4. The van der Waals surface area contributed by atoms with Crippen molar-refractivity contribution >= 4 is 5.97 Å². The fourth-order valence-corrected chi connectivity index (χ4v) is 1.29. The van der Waals surface area contributed by atoms with Gasteiger partial charge in [0, 0.05) is 5.92 Å². The quantitative estimate of drug-likeness (QED) is 0.687. The third-order valence-corrected chi connectivity index (χ3v) is 2.32. The van der Waals surface area contributed by atoms with Gasteiger partial charge in [0.05, 0.1) is 5.56 Å². The highest BCUT2D eigenvalue weighted by atomic mass is 19.4. The van der Waals surface area contributed by atoms with Gasteiger partial charge in [0.15, 0.2) is 0 Å². The van der Waals surface area contributed by atoms with Gasteiger partial charge in [-0.2, -0.15) is 13.2 Å². The first kappa shape index (κ1) is 16.8. The molecule has 3 nitrogen and oxygen atoms in total. The van der Waals surface area contributed by atoms with Gasteiger partial charge in [-0.1, -0.05) is 0 Å². The minimum atomic E-state index is -4.56. The summed E-state index contributed by atoms with van der Waals surface area (Å²) in [6, 6.07) is 3.07. The molecular formula is C13H9F5O3. The molecule has 0 fully saturated rings. The zero-order chi connectivity index (χ0) is 16.1. The second kappa shape index (κ2) is 6.43. The Balaban J connectivity index is 3.01. The van der Waals surface area contributed by atoms with Gasteiger partial charge in [0.25, 0.3) is 0 Å². The summed E-state index contributed by atoms with van der Waals surface area (Å²) in [6.45, 7) is -2.93. The molecule has 0 heterocycles. The van der Waals surface area contributed by atoms with E-state index in [0.717, 1.165) is 12.1 Å². The van der Waals surface area contributed by atoms with Gasteiger partial charge >= 0.3 is 12.1 Å². The SMILES string of the molecule is O=C(O)C#CC(CF)(CF)Oc1ccc(C(F)(F)F)cc1. The summed E-state index contributed by atoms with van der Waals surface area (Å²) in [4.78, 5) is 10.3. The summed E-state index contributed by atoms with van der Waals surface area (Å²) in [5.74, 6) is 1.43. The standard InChI is InChI=1S/C13H9F5O3/c14-7-12(8-15,6-5-11(19)20)21-10-3-1-9(2-4-10)13(16,17)18/h1-4H,7-8H2,(H,19,20). The average Bonchev–Trinajstić information content (AvgIpc) is 2.43. The number of carbonyl (C=O) groups is 1. The molecule has 0 saturated carbocycles. The Morgan fingerprint density at radius 2 is 1.67 bits per heavy atom. The van der Waals surface area contributed by atoms with Crippen molar-refractivity contribution in [3.8, 4) is 17.6 Å². The normalized spacial score (nSPS) is 11.5. The van der Waals surface area contributed by atoms with Crippen molar-refractivity contribution in [1.82, 2.24) is 0 Å². The van der Waals surface area contributed by atoms with Crippen LogP contribution in [0.4, 0.5) is 22.0 Å². The molecule has 0 amide bonds. The van der Waals surface area contributed by atoms with Crippen molar-refractivity contribution in [1.29, 1.82) is 0 Å². The van der Waals surface area contributed by atoms with Gasteiger partial charge in [0.2, 0.25) is 5.60 Å². The molecule has 0 unspecified atom stereocenters. The van der Waals surface area contributed by atoms with Gasteiger partial charge in [-0.15, -0.1) is 0 Å². The van der Waals surface area contributed by atoms with Crippen LogP contribution in [0.3, 0.4) is 0 Å². The fraction of sp³-hybridized carbons (Fsp3) is 0.308. The number of carboxylic acid groups (broad SMARTS) is 1. The van der Waals surface area contributed by atoms with Crippen LogP contribution in [-0.2, 0) is 11.0 Å². The first-order valence-electron chi connectivity index (χ1n) is 5.47. The Morgan fingerprint density at radius 3 is 2.05 bits per heavy atom. The van der Waals surface area contributed by atoms with E-state index in [4.69, 9.17) is 9.84 Å². The van der Waals surface area contributed by atoms with Gasteiger partial charge < -0.3 is 9.84 Å². The van der Waals surface area contributed by atoms with E-state index in [1.165, 1.54) is 5.92 Å². The maximum Gasteiger partial charge on any atom is 0.416 e. The molecule has 0 aromatic heterocycles.